The molecular weight excluding hydrogens is 505 g/mol. The molecule has 0 radical (unpaired) electrons. The summed E-state index contributed by atoms with van der Waals surface area (Å²) in [6.07, 6.45) is 0. The van der Waals surface area contributed by atoms with Crippen LogP contribution in [-0.4, -0.2) is 44.6 Å². The Hall–Kier alpha value is -0.640. The van der Waals surface area contributed by atoms with Gasteiger partial charge in [-0.25, -0.2) is 8.78 Å². The summed E-state index contributed by atoms with van der Waals surface area (Å²) >= 11 is 26.0. The van der Waals surface area contributed by atoms with Gasteiger partial charge >= 0.3 is 0 Å². The van der Waals surface area contributed by atoms with Gasteiger partial charge < -0.3 is 9.80 Å². The Morgan fingerprint density at radius 1 is 0.767 bits per heavy atom. The van der Waals surface area contributed by atoms with E-state index in [1.54, 1.807) is 24.3 Å². The van der Waals surface area contributed by atoms with E-state index in [2.05, 4.69) is 9.80 Å². The van der Waals surface area contributed by atoms with Crippen LogP contribution in [0.5, 0.6) is 0 Å². The molecule has 160 valence electrons. The topological polar surface area (TPSA) is 6.48 Å². The largest absolute Gasteiger partial charge is 0.354 e. The number of piperazine rings is 1. The van der Waals surface area contributed by atoms with Crippen molar-refractivity contribution in [3.05, 3.63) is 69.2 Å². The maximum absolute atomic E-state index is 13.9. The van der Waals surface area contributed by atoms with Crippen LogP contribution in [0.3, 0.4) is 0 Å². The molecule has 0 N–H and O–H groups in total. The number of thiocarbonyl (C=S) groups is 2. The van der Waals surface area contributed by atoms with Gasteiger partial charge in [-0.3, -0.25) is 0 Å². The van der Waals surface area contributed by atoms with E-state index in [1.807, 2.05) is 0 Å². The molecule has 3 rings (SSSR count). The zero-order chi connectivity index (χ0) is 21.7. The first-order valence-corrected chi connectivity index (χ1v) is 12.6. The second-order valence-electron chi connectivity index (χ2n) is 6.48. The van der Waals surface area contributed by atoms with Crippen LogP contribution >= 0.6 is 71.2 Å². The van der Waals surface area contributed by atoms with Crippen molar-refractivity contribution in [3.8, 4) is 0 Å². The van der Waals surface area contributed by atoms with Crippen LogP contribution < -0.4 is 0 Å². The molecule has 0 unspecified atom stereocenters. The summed E-state index contributed by atoms with van der Waals surface area (Å²) in [5.41, 5.74) is 0.934. The molecule has 0 atom stereocenters. The van der Waals surface area contributed by atoms with Gasteiger partial charge in [-0.1, -0.05) is 83.3 Å². The molecule has 1 saturated heterocycles. The average Bonchev–Trinajstić information content (AvgIpc) is 2.73. The van der Waals surface area contributed by atoms with Gasteiger partial charge in [-0.15, -0.1) is 0 Å². The average molecular weight is 524 g/mol. The van der Waals surface area contributed by atoms with E-state index in [0.717, 1.165) is 26.2 Å². The van der Waals surface area contributed by atoms with Gasteiger partial charge in [0, 0.05) is 58.9 Å². The first kappa shape index (κ1) is 24.0. The quantitative estimate of drug-likeness (QED) is 0.413. The third kappa shape index (κ3) is 6.20. The Labute approximate surface area is 204 Å². The van der Waals surface area contributed by atoms with Crippen molar-refractivity contribution in [1.29, 1.82) is 0 Å². The fourth-order valence-corrected chi connectivity index (χ4v) is 6.05. The molecule has 1 aliphatic heterocycles. The van der Waals surface area contributed by atoms with Gasteiger partial charge in [0.1, 0.15) is 20.3 Å². The van der Waals surface area contributed by atoms with Crippen LogP contribution in [0, 0.1) is 11.6 Å². The summed E-state index contributed by atoms with van der Waals surface area (Å²) in [4.78, 5) is 4.18. The lowest BCUT2D eigenvalue weighted by atomic mass is 10.2. The van der Waals surface area contributed by atoms with Gasteiger partial charge in [0.05, 0.1) is 0 Å². The number of rotatable bonds is 4. The summed E-state index contributed by atoms with van der Waals surface area (Å²) in [6.45, 7) is 2.88. The maximum Gasteiger partial charge on any atom is 0.136 e. The third-order valence-electron chi connectivity index (χ3n) is 4.60. The van der Waals surface area contributed by atoms with Crippen LogP contribution in [0.4, 0.5) is 8.78 Å². The second-order valence-corrected chi connectivity index (χ2v) is 10.5. The van der Waals surface area contributed by atoms with E-state index in [1.165, 1.54) is 35.7 Å². The highest BCUT2D eigenvalue weighted by atomic mass is 35.5. The zero-order valence-electron chi connectivity index (χ0n) is 15.7. The number of halogens is 4. The molecule has 2 nitrogen and oxygen atoms in total. The molecule has 2 aromatic carbocycles. The van der Waals surface area contributed by atoms with E-state index in [4.69, 9.17) is 47.6 Å². The van der Waals surface area contributed by atoms with Crippen LogP contribution in [0.2, 0.25) is 10.0 Å². The molecule has 0 spiro atoms. The fraction of sp³-hybridized carbons (Fsp3) is 0.300. The van der Waals surface area contributed by atoms with Gasteiger partial charge in [0.25, 0.3) is 0 Å². The molecule has 10 heteroatoms. The fourth-order valence-electron chi connectivity index (χ4n) is 2.86. The maximum atomic E-state index is 13.9. The molecule has 0 aliphatic carbocycles. The van der Waals surface area contributed by atoms with Crippen molar-refractivity contribution < 1.29 is 8.78 Å². The third-order valence-corrected chi connectivity index (χ3v) is 8.41. The van der Waals surface area contributed by atoms with E-state index in [-0.39, 0.29) is 11.6 Å². The number of nitrogens with zero attached hydrogens (tertiary/aromatic N) is 2. The monoisotopic (exact) mass is 522 g/mol. The highest BCUT2D eigenvalue weighted by Crippen LogP contribution is 2.28. The summed E-state index contributed by atoms with van der Waals surface area (Å²) in [7, 11) is 0. The van der Waals surface area contributed by atoms with Crippen molar-refractivity contribution in [2.45, 2.75) is 11.5 Å². The number of hydrogen-bond acceptors (Lipinski definition) is 4. The molecule has 0 amide bonds. The lowest BCUT2D eigenvalue weighted by Gasteiger charge is -2.37. The predicted molar refractivity (Wildman–Crippen MR) is 134 cm³/mol. The molecular formula is C20H18Cl2F2N2S4. The van der Waals surface area contributed by atoms with Crippen molar-refractivity contribution in [2.24, 2.45) is 0 Å². The van der Waals surface area contributed by atoms with Crippen LogP contribution in [-0.2, 0) is 11.5 Å². The van der Waals surface area contributed by atoms with Crippen LogP contribution in [0.1, 0.15) is 11.1 Å². The Kier molecular flexibility index (Phi) is 9.04. The minimum absolute atomic E-state index is 0.319. The Morgan fingerprint density at radius 3 is 1.47 bits per heavy atom. The van der Waals surface area contributed by atoms with Gasteiger partial charge in [0.2, 0.25) is 0 Å². The van der Waals surface area contributed by atoms with Crippen molar-refractivity contribution in [1.82, 2.24) is 9.80 Å². The van der Waals surface area contributed by atoms with Crippen LogP contribution in [0.15, 0.2) is 36.4 Å². The molecule has 0 bridgehead atoms. The van der Waals surface area contributed by atoms with Crippen LogP contribution in [0.25, 0.3) is 0 Å². The lowest BCUT2D eigenvalue weighted by Crippen LogP contribution is -2.48. The highest BCUT2D eigenvalue weighted by Gasteiger charge is 2.22. The Bertz CT molecular complexity index is 821. The standard InChI is InChI=1S/C20H18Cl2F2N2S4/c21-15-3-1-5-17(23)13(15)11-29-19(27)25-7-9-26(10-8-25)20(28)30-12-14-16(22)4-2-6-18(14)24/h1-6H,7-12H2. The molecule has 30 heavy (non-hydrogen) atoms. The SMILES string of the molecule is Fc1cccc(Cl)c1CSC(=S)N1CCN(C(=S)SCc2c(F)cccc2Cl)CC1. The van der Waals surface area contributed by atoms with E-state index >= 15 is 0 Å². The van der Waals surface area contributed by atoms with Gasteiger partial charge in [0.15, 0.2) is 0 Å². The van der Waals surface area contributed by atoms with Crippen molar-refractivity contribution in [2.75, 3.05) is 26.2 Å². The van der Waals surface area contributed by atoms with E-state index in [0.29, 0.717) is 41.3 Å². The Morgan fingerprint density at radius 2 is 1.13 bits per heavy atom. The first-order chi connectivity index (χ1) is 14.4. The molecule has 1 heterocycles. The summed E-state index contributed by atoms with van der Waals surface area (Å²) in [5.74, 6) is 0.143. The Balaban J connectivity index is 1.46. The van der Waals surface area contributed by atoms with Crippen molar-refractivity contribution >= 4 is 79.8 Å². The summed E-state index contributed by atoms with van der Waals surface area (Å²) in [5, 5.41) is 0.819. The van der Waals surface area contributed by atoms with Gasteiger partial charge in [-0.2, -0.15) is 0 Å². The normalized spacial score (nSPS) is 14.1. The molecule has 0 aromatic heterocycles. The summed E-state index contributed by atoms with van der Waals surface area (Å²) < 4.78 is 29.3. The minimum Gasteiger partial charge on any atom is -0.354 e. The smallest absolute Gasteiger partial charge is 0.136 e. The first-order valence-electron chi connectivity index (χ1n) is 9.06. The second kappa shape index (κ2) is 11.3. The number of hydrogen-bond donors (Lipinski definition) is 0. The molecule has 1 fully saturated rings. The molecule has 0 saturated carbocycles. The predicted octanol–water partition coefficient (Wildman–Crippen LogP) is 6.63. The lowest BCUT2D eigenvalue weighted by molar-refractivity contribution is 0.271. The van der Waals surface area contributed by atoms with Crippen molar-refractivity contribution in [3.63, 3.8) is 0 Å². The molecule has 1 aliphatic rings. The zero-order valence-corrected chi connectivity index (χ0v) is 20.5. The van der Waals surface area contributed by atoms with E-state index in [9.17, 15) is 8.78 Å². The van der Waals surface area contributed by atoms with E-state index < -0.39 is 0 Å². The number of thioether (sulfide) groups is 2. The number of benzene rings is 2. The van der Waals surface area contributed by atoms with Gasteiger partial charge in [-0.05, 0) is 24.3 Å². The summed E-state index contributed by atoms with van der Waals surface area (Å²) in [6, 6.07) is 9.33. The highest BCUT2D eigenvalue weighted by molar-refractivity contribution is 8.22. The minimum atomic E-state index is -0.319. The molecule has 2 aromatic rings.